The van der Waals surface area contributed by atoms with Crippen molar-refractivity contribution in [2.75, 3.05) is 31.1 Å². The number of para-hydroxylation sites is 1. The van der Waals surface area contributed by atoms with Crippen LogP contribution in [-0.2, 0) is 16.1 Å². The van der Waals surface area contributed by atoms with Gasteiger partial charge < -0.3 is 15.1 Å². The summed E-state index contributed by atoms with van der Waals surface area (Å²) in [6.07, 6.45) is 0. The van der Waals surface area contributed by atoms with Crippen molar-refractivity contribution in [1.82, 2.24) is 10.2 Å². The highest BCUT2D eigenvalue weighted by molar-refractivity contribution is 6.35. The van der Waals surface area contributed by atoms with Crippen LogP contribution in [-0.4, -0.2) is 42.9 Å². The van der Waals surface area contributed by atoms with E-state index in [0.29, 0.717) is 36.9 Å². The van der Waals surface area contributed by atoms with Gasteiger partial charge in [-0.25, -0.2) is 4.39 Å². The number of amides is 2. The van der Waals surface area contributed by atoms with Crippen LogP contribution < -0.4 is 10.2 Å². The van der Waals surface area contributed by atoms with E-state index in [2.05, 4.69) is 5.32 Å². The van der Waals surface area contributed by atoms with Crippen LogP contribution in [0.3, 0.4) is 0 Å². The van der Waals surface area contributed by atoms with E-state index >= 15 is 0 Å². The lowest BCUT2D eigenvalue weighted by Crippen LogP contribution is -2.52. The maximum absolute atomic E-state index is 13.9. The van der Waals surface area contributed by atoms with Crippen molar-refractivity contribution in [2.24, 2.45) is 0 Å². The van der Waals surface area contributed by atoms with E-state index in [0.717, 1.165) is 5.56 Å². The minimum absolute atomic E-state index is 0.194. The standard InChI is InChI=1S/C19H19ClFN3O2/c20-15-6-2-1-5-14(15)13-22-18(25)19(26)24-11-9-23(10-12-24)17-8-4-3-7-16(17)21/h1-8H,9-13H2,(H,22,25). The highest BCUT2D eigenvalue weighted by atomic mass is 35.5. The van der Waals surface area contributed by atoms with Crippen molar-refractivity contribution < 1.29 is 14.0 Å². The zero-order valence-electron chi connectivity index (χ0n) is 14.1. The highest BCUT2D eigenvalue weighted by Gasteiger charge is 2.26. The lowest BCUT2D eigenvalue weighted by Gasteiger charge is -2.35. The Balaban J connectivity index is 1.52. The predicted molar refractivity (Wildman–Crippen MR) is 98.5 cm³/mol. The fourth-order valence-corrected chi connectivity index (χ4v) is 3.10. The van der Waals surface area contributed by atoms with Crippen molar-refractivity contribution in [2.45, 2.75) is 6.54 Å². The fourth-order valence-electron chi connectivity index (χ4n) is 2.90. The first-order chi connectivity index (χ1) is 12.6. The third kappa shape index (κ3) is 4.14. The lowest BCUT2D eigenvalue weighted by atomic mass is 10.2. The molecule has 2 aromatic carbocycles. The second kappa shape index (κ2) is 8.19. The average Bonchev–Trinajstić information content (AvgIpc) is 2.67. The van der Waals surface area contributed by atoms with Gasteiger partial charge in [-0.05, 0) is 23.8 Å². The molecule has 1 aliphatic heterocycles. The number of carbonyl (C=O) groups is 2. The molecule has 0 unspecified atom stereocenters. The van der Waals surface area contributed by atoms with E-state index in [1.807, 2.05) is 11.0 Å². The van der Waals surface area contributed by atoms with Crippen LogP contribution in [0.2, 0.25) is 5.02 Å². The van der Waals surface area contributed by atoms with Crippen molar-refractivity contribution >= 4 is 29.1 Å². The third-order valence-electron chi connectivity index (χ3n) is 4.35. The molecule has 0 aromatic heterocycles. The number of hydrogen-bond acceptors (Lipinski definition) is 3. The monoisotopic (exact) mass is 375 g/mol. The van der Waals surface area contributed by atoms with E-state index in [-0.39, 0.29) is 12.4 Å². The number of halogens is 2. The van der Waals surface area contributed by atoms with Crippen molar-refractivity contribution in [3.05, 3.63) is 64.9 Å². The Morgan fingerprint density at radius 3 is 2.35 bits per heavy atom. The van der Waals surface area contributed by atoms with Crippen LogP contribution in [0.25, 0.3) is 0 Å². The summed E-state index contributed by atoms with van der Waals surface area (Å²) in [4.78, 5) is 27.8. The van der Waals surface area contributed by atoms with Crippen molar-refractivity contribution in [3.63, 3.8) is 0 Å². The summed E-state index contributed by atoms with van der Waals surface area (Å²) in [6, 6.07) is 13.7. The molecule has 0 spiro atoms. The molecule has 5 nitrogen and oxygen atoms in total. The van der Waals surface area contributed by atoms with Gasteiger partial charge in [0.05, 0.1) is 5.69 Å². The fraction of sp³-hybridized carbons (Fsp3) is 0.263. The minimum Gasteiger partial charge on any atom is -0.366 e. The van der Waals surface area contributed by atoms with Gasteiger partial charge in [0.15, 0.2) is 0 Å². The third-order valence-corrected chi connectivity index (χ3v) is 4.72. The van der Waals surface area contributed by atoms with Crippen molar-refractivity contribution in [1.29, 1.82) is 0 Å². The largest absolute Gasteiger partial charge is 0.366 e. The molecule has 0 bridgehead atoms. The quantitative estimate of drug-likeness (QED) is 0.838. The summed E-state index contributed by atoms with van der Waals surface area (Å²) < 4.78 is 13.9. The molecule has 1 N–H and O–H groups in total. The van der Waals surface area contributed by atoms with E-state index in [1.165, 1.54) is 11.0 Å². The number of carbonyl (C=O) groups excluding carboxylic acids is 2. The van der Waals surface area contributed by atoms with Gasteiger partial charge in [-0.1, -0.05) is 41.9 Å². The van der Waals surface area contributed by atoms with E-state index < -0.39 is 11.8 Å². The number of benzene rings is 2. The minimum atomic E-state index is -0.663. The Hall–Kier alpha value is -2.60. The molecule has 2 amide bonds. The van der Waals surface area contributed by atoms with Crippen LogP contribution in [0, 0.1) is 5.82 Å². The Labute approximate surface area is 156 Å². The molecule has 1 aliphatic rings. The molecular weight excluding hydrogens is 357 g/mol. The van der Waals surface area contributed by atoms with Gasteiger partial charge in [0, 0.05) is 37.7 Å². The van der Waals surface area contributed by atoms with Gasteiger partial charge in [-0.3, -0.25) is 9.59 Å². The molecule has 1 fully saturated rings. The SMILES string of the molecule is O=C(NCc1ccccc1Cl)C(=O)N1CCN(c2ccccc2F)CC1. The molecule has 136 valence electrons. The summed E-state index contributed by atoms with van der Waals surface area (Å²) in [7, 11) is 0. The van der Waals surface area contributed by atoms with Crippen molar-refractivity contribution in [3.8, 4) is 0 Å². The van der Waals surface area contributed by atoms with Gasteiger partial charge in [0.2, 0.25) is 0 Å². The van der Waals surface area contributed by atoms with Crippen LogP contribution >= 0.6 is 11.6 Å². The number of nitrogens with zero attached hydrogens (tertiary/aromatic N) is 2. The maximum atomic E-state index is 13.9. The summed E-state index contributed by atoms with van der Waals surface area (Å²) in [5.41, 5.74) is 1.27. The molecular formula is C19H19ClFN3O2. The van der Waals surface area contributed by atoms with E-state index in [4.69, 9.17) is 11.6 Å². The maximum Gasteiger partial charge on any atom is 0.312 e. The highest BCUT2D eigenvalue weighted by Crippen LogP contribution is 2.20. The summed E-state index contributed by atoms with van der Waals surface area (Å²) in [5, 5.41) is 3.14. The van der Waals surface area contributed by atoms with Crippen LogP contribution in [0.4, 0.5) is 10.1 Å². The Kier molecular flexibility index (Phi) is 5.73. The molecule has 0 aliphatic carbocycles. The van der Waals surface area contributed by atoms with Gasteiger partial charge in [-0.2, -0.15) is 0 Å². The lowest BCUT2D eigenvalue weighted by molar-refractivity contribution is -0.146. The molecule has 0 saturated carbocycles. The predicted octanol–water partition coefficient (Wildman–Crippen LogP) is 2.44. The summed E-state index contributed by atoms with van der Waals surface area (Å²) >= 11 is 6.04. The number of rotatable bonds is 3. The number of nitrogens with one attached hydrogen (secondary N) is 1. The van der Waals surface area contributed by atoms with Gasteiger partial charge in [-0.15, -0.1) is 0 Å². The first kappa shape index (κ1) is 18.2. The second-order valence-electron chi connectivity index (χ2n) is 6.00. The van der Waals surface area contributed by atoms with Crippen LogP contribution in [0.1, 0.15) is 5.56 Å². The summed E-state index contributed by atoms with van der Waals surface area (Å²) in [5.74, 6) is -1.53. The van der Waals surface area contributed by atoms with Gasteiger partial charge in [0.1, 0.15) is 5.82 Å². The Morgan fingerprint density at radius 1 is 1.00 bits per heavy atom. The van der Waals surface area contributed by atoms with Gasteiger partial charge in [0.25, 0.3) is 0 Å². The zero-order valence-corrected chi connectivity index (χ0v) is 14.9. The molecule has 0 atom stereocenters. The molecule has 7 heteroatoms. The average molecular weight is 376 g/mol. The molecule has 0 radical (unpaired) electrons. The molecule has 2 aromatic rings. The van der Waals surface area contributed by atoms with Crippen LogP contribution in [0.15, 0.2) is 48.5 Å². The van der Waals surface area contributed by atoms with Gasteiger partial charge >= 0.3 is 11.8 Å². The number of anilines is 1. The number of piperazine rings is 1. The molecule has 3 rings (SSSR count). The van der Waals surface area contributed by atoms with E-state index in [9.17, 15) is 14.0 Å². The topological polar surface area (TPSA) is 52.7 Å². The Bertz CT molecular complexity index is 807. The summed E-state index contributed by atoms with van der Waals surface area (Å²) in [6.45, 7) is 1.88. The first-order valence-electron chi connectivity index (χ1n) is 8.36. The molecule has 26 heavy (non-hydrogen) atoms. The zero-order chi connectivity index (χ0) is 18.5. The Morgan fingerprint density at radius 2 is 1.65 bits per heavy atom. The smallest absolute Gasteiger partial charge is 0.312 e. The first-order valence-corrected chi connectivity index (χ1v) is 8.74. The molecule has 1 saturated heterocycles. The number of hydrogen-bond donors (Lipinski definition) is 1. The molecule has 1 heterocycles. The van der Waals surface area contributed by atoms with Crippen LogP contribution in [0.5, 0.6) is 0 Å². The second-order valence-corrected chi connectivity index (χ2v) is 6.41. The normalized spacial score (nSPS) is 14.2. The van der Waals surface area contributed by atoms with E-state index in [1.54, 1.807) is 36.4 Å².